The average Bonchev–Trinajstić information content (AvgIpc) is 3.43. The molecule has 1 atom stereocenters. The predicted molar refractivity (Wildman–Crippen MR) is 104 cm³/mol. The fraction of sp³-hybridized carbons (Fsp3) is 0.579. The molecule has 150 valence electrons. The zero-order chi connectivity index (χ0) is 19.8. The van der Waals surface area contributed by atoms with Crippen LogP contribution in [0.2, 0.25) is 0 Å². The largest absolute Gasteiger partial charge is 0.363 e. The van der Waals surface area contributed by atoms with Crippen LogP contribution in [-0.2, 0) is 0 Å². The minimum Gasteiger partial charge on any atom is -0.363 e. The molecule has 0 bridgehead atoms. The molecule has 2 aliphatic rings. The highest BCUT2D eigenvalue weighted by atomic mass is 19.3. The van der Waals surface area contributed by atoms with Crippen molar-refractivity contribution in [2.75, 3.05) is 48.9 Å². The van der Waals surface area contributed by atoms with Crippen molar-refractivity contribution in [1.82, 2.24) is 19.9 Å². The Morgan fingerprint density at radius 1 is 1.04 bits per heavy atom. The molecule has 0 amide bonds. The van der Waals surface area contributed by atoms with Crippen molar-refractivity contribution in [3.8, 4) is 0 Å². The Morgan fingerprint density at radius 3 is 2.46 bits per heavy atom. The van der Waals surface area contributed by atoms with Crippen molar-refractivity contribution >= 4 is 17.5 Å². The zero-order valence-corrected chi connectivity index (χ0v) is 16.4. The minimum atomic E-state index is -2.58. The summed E-state index contributed by atoms with van der Waals surface area (Å²) in [5.74, 6) is 3.11. The molecular weight excluding hydrogens is 364 g/mol. The van der Waals surface area contributed by atoms with E-state index in [4.69, 9.17) is 0 Å². The summed E-state index contributed by atoms with van der Waals surface area (Å²) < 4.78 is 26.6. The molecule has 1 unspecified atom stereocenters. The maximum atomic E-state index is 13.3. The van der Waals surface area contributed by atoms with E-state index in [-0.39, 0.29) is 17.7 Å². The predicted octanol–water partition coefficient (Wildman–Crippen LogP) is 2.86. The molecule has 0 N–H and O–H groups in total. The molecule has 2 aromatic rings. The quantitative estimate of drug-likeness (QED) is 0.753. The Hall–Kier alpha value is -2.58. The highest BCUT2D eigenvalue weighted by Crippen LogP contribution is 2.39. The molecule has 3 heterocycles. The number of hydrogen-bond donors (Lipinski definition) is 0. The van der Waals surface area contributed by atoms with E-state index in [0.717, 1.165) is 37.4 Å². The van der Waals surface area contributed by atoms with E-state index < -0.39 is 6.43 Å². The van der Waals surface area contributed by atoms with Gasteiger partial charge in [-0.1, -0.05) is 0 Å². The second-order valence-electron chi connectivity index (χ2n) is 7.71. The maximum Gasteiger partial charge on any atom is 0.280 e. The summed E-state index contributed by atoms with van der Waals surface area (Å²) in [5, 5.41) is 0. The van der Waals surface area contributed by atoms with Crippen molar-refractivity contribution in [3.63, 3.8) is 0 Å². The maximum absolute atomic E-state index is 13.3. The van der Waals surface area contributed by atoms with Gasteiger partial charge in [0.2, 0.25) is 0 Å². The fourth-order valence-corrected chi connectivity index (χ4v) is 3.50. The van der Waals surface area contributed by atoms with Gasteiger partial charge in [-0.25, -0.2) is 28.7 Å². The van der Waals surface area contributed by atoms with E-state index in [2.05, 4.69) is 29.7 Å². The van der Waals surface area contributed by atoms with Crippen LogP contribution in [0, 0.1) is 0 Å². The fourth-order valence-electron chi connectivity index (χ4n) is 3.50. The van der Waals surface area contributed by atoms with Crippen LogP contribution in [0.1, 0.15) is 43.1 Å². The topological polar surface area (TPSA) is 61.3 Å². The molecule has 1 aliphatic heterocycles. The number of aromatic nitrogens is 4. The Morgan fingerprint density at radius 2 is 1.79 bits per heavy atom. The SMILES string of the molecule is CN(C)c1cc(N(C)C2CCN(c3cc(C(F)F)nc(C4CC4)n3)C2)ncn1. The monoisotopic (exact) mass is 389 g/mol. The molecule has 28 heavy (non-hydrogen) atoms. The normalized spacial score (nSPS) is 19.4. The van der Waals surface area contributed by atoms with Crippen LogP contribution in [0.15, 0.2) is 18.5 Å². The number of anilines is 3. The molecule has 4 rings (SSSR count). The first-order valence-electron chi connectivity index (χ1n) is 9.56. The summed E-state index contributed by atoms with van der Waals surface area (Å²) in [6.07, 6.45) is 1.87. The summed E-state index contributed by atoms with van der Waals surface area (Å²) >= 11 is 0. The lowest BCUT2D eigenvalue weighted by atomic mass is 10.2. The summed E-state index contributed by atoms with van der Waals surface area (Å²) in [6.45, 7) is 1.48. The van der Waals surface area contributed by atoms with Crippen LogP contribution in [0.3, 0.4) is 0 Å². The van der Waals surface area contributed by atoms with Gasteiger partial charge in [-0.05, 0) is 19.3 Å². The summed E-state index contributed by atoms with van der Waals surface area (Å²) in [4.78, 5) is 23.5. The van der Waals surface area contributed by atoms with Crippen molar-refractivity contribution in [2.45, 2.75) is 37.6 Å². The molecule has 1 saturated heterocycles. The summed E-state index contributed by atoms with van der Waals surface area (Å²) in [7, 11) is 5.89. The lowest BCUT2D eigenvalue weighted by Gasteiger charge is -2.27. The lowest BCUT2D eigenvalue weighted by molar-refractivity contribution is 0.145. The lowest BCUT2D eigenvalue weighted by Crippen LogP contribution is -2.35. The van der Waals surface area contributed by atoms with Gasteiger partial charge in [0.05, 0.1) is 0 Å². The molecule has 1 saturated carbocycles. The number of hydrogen-bond acceptors (Lipinski definition) is 7. The smallest absolute Gasteiger partial charge is 0.280 e. The first-order valence-corrected chi connectivity index (χ1v) is 9.56. The van der Waals surface area contributed by atoms with E-state index in [1.54, 1.807) is 6.33 Å². The molecule has 2 aromatic heterocycles. The highest BCUT2D eigenvalue weighted by Gasteiger charge is 2.32. The molecule has 9 heteroatoms. The van der Waals surface area contributed by atoms with E-state index in [1.807, 2.05) is 32.1 Å². The van der Waals surface area contributed by atoms with Crippen LogP contribution < -0.4 is 14.7 Å². The molecule has 0 aromatic carbocycles. The van der Waals surface area contributed by atoms with Gasteiger partial charge in [0, 0.05) is 58.3 Å². The van der Waals surface area contributed by atoms with Crippen LogP contribution in [-0.4, -0.2) is 60.2 Å². The van der Waals surface area contributed by atoms with Crippen molar-refractivity contribution in [3.05, 3.63) is 30.0 Å². The molecule has 0 radical (unpaired) electrons. The first-order chi connectivity index (χ1) is 13.4. The van der Waals surface area contributed by atoms with Crippen molar-refractivity contribution < 1.29 is 8.78 Å². The molecule has 1 aliphatic carbocycles. The van der Waals surface area contributed by atoms with Gasteiger partial charge >= 0.3 is 0 Å². The van der Waals surface area contributed by atoms with E-state index in [1.165, 1.54) is 6.07 Å². The first kappa shape index (κ1) is 18.8. The number of halogens is 2. The Bertz CT molecular complexity index is 821. The van der Waals surface area contributed by atoms with Gasteiger partial charge < -0.3 is 14.7 Å². The number of rotatable bonds is 6. The van der Waals surface area contributed by atoms with Crippen molar-refractivity contribution in [2.24, 2.45) is 0 Å². The molecule has 0 spiro atoms. The van der Waals surface area contributed by atoms with Crippen LogP contribution in [0.4, 0.5) is 26.2 Å². The third kappa shape index (κ3) is 3.83. The Labute approximate surface area is 163 Å². The van der Waals surface area contributed by atoms with Gasteiger partial charge in [0.25, 0.3) is 6.43 Å². The van der Waals surface area contributed by atoms with E-state index >= 15 is 0 Å². The minimum absolute atomic E-state index is 0.171. The molecular formula is C19H25F2N7. The number of nitrogens with zero attached hydrogens (tertiary/aromatic N) is 7. The highest BCUT2D eigenvalue weighted by molar-refractivity contribution is 5.51. The van der Waals surface area contributed by atoms with Gasteiger partial charge in [0.15, 0.2) is 0 Å². The van der Waals surface area contributed by atoms with E-state index in [9.17, 15) is 8.78 Å². The second-order valence-corrected chi connectivity index (χ2v) is 7.71. The van der Waals surface area contributed by atoms with Crippen LogP contribution in [0.25, 0.3) is 0 Å². The summed E-state index contributed by atoms with van der Waals surface area (Å²) in [6, 6.07) is 3.61. The number of alkyl halides is 2. The van der Waals surface area contributed by atoms with Crippen LogP contribution in [0.5, 0.6) is 0 Å². The Kier molecular flexibility index (Phi) is 4.99. The van der Waals surface area contributed by atoms with Gasteiger partial charge in [0.1, 0.15) is 35.3 Å². The third-order valence-electron chi connectivity index (χ3n) is 5.41. The zero-order valence-electron chi connectivity index (χ0n) is 16.4. The number of likely N-dealkylation sites (N-methyl/N-ethyl adjacent to an activating group) is 1. The summed E-state index contributed by atoms with van der Waals surface area (Å²) in [5.41, 5.74) is -0.171. The second kappa shape index (κ2) is 7.44. The van der Waals surface area contributed by atoms with Crippen molar-refractivity contribution in [1.29, 1.82) is 0 Å². The van der Waals surface area contributed by atoms with Gasteiger partial charge in [-0.3, -0.25) is 0 Å². The molecule has 7 nitrogen and oxygen atoms in total. The standard InChI is InChI=1S/C19H25F2N7/c1-26(2)15-9-16(23-11-22-15)27(3)13-6-7-28(10-13)17-8-14(18(20)21)24-19(25-17)12-4-5-12/h8-9,11-13,18H,4-7,10H2,1-3H3. The van der Waals surface area contributed by atoms with Gasteiger partial charge in [-0.15, -0.1) is 0 Å². The van der Waals surface area contributed by atoms with Crippen LogP contribution >= 0.6 is 0 Å². The van der Waals surface area contributed by atoms with Gasteiger partial charge in [-0.2, -0.15) is 0 Å². The molecule has 2 fully saturated rings. The van der Waals surface area contributed by atoms with E-state index in [0.29, 0.717) is 18.2 Å². The average molecular weight is 389 g/mol. The Balaban J connectivity index is 1.52. The third-order valence-corrected chi connectivity index (χ3v) is 5.41.